The molecule has 0 radical (unpaired) electrons. The predicted molar refractivity (Wildman–Crippen MR) is 101 cm³/mol. The molecule has 1 aromatic carbocycles. The zero-order chi connectivity index (χ0) is 18.2. The maximum Gasteiger partial charge on any atom is 0.310 e. The number of hydrogen-bond donors (Lipinski definition) is 0. The molecular weight excluding hydrogens is 357 g/mol. The molecule has 0 bridgehead atoms. The topological polar surface area (TPSA) is 31.2 Å². The van der Waals surface area contributed by atoms with Crippen LogP contribution in [0.4, 0.5) is 0 Å². The van der Waals surface area contributed by atoms with Crippen molar-refractivity contribution in [3.05, 3.63) is 64.4 Å². The molecule has 2 atom stereocenters. The zero-order valence-electron chi connectivity index (χ0n) is 14.5. The lowest BCUT2D eigenvalue weighted by atomic mass is 10.1. The van der Waals surface area contributed by atoms with Crippen LogP contribution in [0.1, 0.15) is 25.0 Å². The van der Waals surface area contributed by atoms with E-state index in [4.69, 9.17) is 27.9 Å². The summed E-state index contributed by atoms with van der Waals surface area (Å²) in [5.74, 6) is -0.378. The number of esters is 1. The van der Waals surface area contributed by atoms with Crippen molar-refractivity contribution in [2.45, 2.75) is 27.4 Å². The summed E-state index contributed by atoms with van der Waals surface area (Å²) in [4.78, 5) is 12.5. The largest absolute Gasteiger partial charge is 0.461 e. The standard InChI is InChI=1S/C20H21Cl2NO2/c1-13-14(7-6-8-16(13)23-9-4-5-10-23)12-25-19(24)18-15(11-17(21)22)20(18,2)3/h4-11,15,18H,12H2,1-3H3. The van der Waals surface area contributed by atoms with Crippen LogP contribution in [-0.4, -0.2) is 10.5 Å². The van der Waals surface area contributed by atoms with Gasteiger partial charge in [0, 0.05) is 18.1 Å². The number of halogens is 2. The second-order valence-corrected chi connectivity index (χ2v) is 8.05. The SMILES string of the molecule is Cc1c(COC(=O)C2C(C=C(Cl)Cl)C2(C)C)cccc1-n1cccc1. The van der Waals surface area contributed by atoms with E-state index in [2.05, 4.69) is 0 Å². The first-order chi connectivity index (χ1) is 11.8. The summed E-state index contributed by atoms with van der Waals surface area (Å²) >= 11 is 11.5. The Hall–Kier alpha value is -1.71. The molecule has 5 heteroatoms. The molecule has 0 saturated heterocycles. The lowest BCUT2D eigenvalue weighted by molar-refractivity contribution is -0.147. The summed E-state index contributed by atoms with van der Waals surface area (Å²) in [5.41, 5.74) is 3.01. The first kappa shape index (κ1) is 18.1. The van der Waals surface area contributed by atoms with Crippen LogP contribution in [0, 0.1) is 24.2 Å². The highest BCUT2D eigenvalue weighted by molar-refractivity contribution is 6.55. The van der Waals surface area contributed by atoms with Crippen molar-refractivity contribution < 1.29 is 9.53 Å². The van der Waals surface area contributed by atoms with Crippen LogP contribution in [0.25, 0.3) is 5.69 Å². The number of allylic oxidation sites excluding steroid dienone is 1. The maximum atomic E-state index is 12.5. The van der Waals surface area contributed by atoms with Crippen molar-refractivity contribution in [2.75, 3.05) is 0 Å². The summed E-state index contributed by atoms with van der Waals surface area (Å²) in [6.07, 6.45) is 5.72. The van der Waals surface area contributed by atoms with Crippen LogP contribution in [0.5, 0.6) is 0 Å². The molecular formula is C20H21Cl2NO2. The van der Waals surface area contributed by atoms with Gasteiger partial charge < -0.3 is 9.30 Å². The first-order valence-electron chi connectivity index (χ1n) is 8.23. The van der Waals surface area contributed by atoms with Crippen LogP contribution in [-0.2, 0) is 16.1 Å². The second-order valence-electron chi connectivity index (χ2n) is 7.04. The number of hydrogen-bond acceptors (Lipinski definition) is 2. The van der Waals surface area contributed by atoms with Crippen molar-refractivity contribution in [1.29, 1.82) is 0 Å². The molecule has 1 aromatic heterocycles. The van der Waals surface area contributed by atoms with E-state index in [-0.39, 0.29) is 34.3 Å². The number of rotatable bonds is 5. The number of benzene rings is 1. The van der Waals surface area contributed by atoms with Crippen molar-refractivity contribution in [2.24, 2.45) is 17.3 Å². The molecule has 0 amide bonds. The van der Waals surface area contributed by atoms with Crippen molar-refractivity contribution in [1.82, 2.24) is 4.57 Å². The third-order valence-electron chi connectivity index (χ3n) is 5.14. The molecule has 3 nitrogen and oxygen atoms in total. The summed E-state index contributed by atoms with van der Waals surface area (Å²) in [6.45, 7) is 6.35. The molecule has 1 aliphatic carbocycles. The van der Waals surface area contributed by atoms with Crippen molar-refractivity contribution in [3.8, 4) is 5.69 Å². The minimum Gasteiger partial charge on any atom is -0.461 e. The lowest BCUT2D eigenvalue weighted by Crippen LogP contribution is -2.11. The fraction of sp³-hybridized carbons (Fsp3) is 0.350. The fourth-order valence-corrected chi connectivity index (χ4v) is 3.69. The van der Waals surface area contributed by atoms with E-state index in [9.17, 15) is 4.79 Å². The molecule has 0 aliphatic heterocycles. The quantitative estimate of drug-likeness (QED) is 0.651. The average Bonchev–Trinajstić information content (AvgIpc) is 2.93. The van der Waals surface area contributed by atoms with Crippen LogP contribution < -0.4 is 0 Å². The maximum absolute atomic E-state index is 12.5. The first-order valence-corrected chi connectivity index (χ1v) is 8.99. The molecule has 1 fully saturated rings. The Balaban J connectivity index is 1.70. The molecule has 1 heterocycles. The van der Waals surface area contributed by atoms with E-state index in [1.54, 1.807) is 6.08 Å². The number of ether oxygens (including phenoxy) is 1. The van der Waals surface area contributed by atoms with E-state index in [0.29, 0.717) is 0 Å². The van der Waals surface area contributed by atoms with Gasteiger partial charge in [-0.05, 0) is 53.7 Å². The van der Waals surface area contributed by atoms with E-state index in [1.807, 2.05) is 68.1 Å². The van der Waals surface area contributed by atoms with Gasteiger partial charge >= 0.3 is 5.97 Å². The van der Waals surface area contributed by atoms with E-state index in [0.717, 1.165) is 16.8 Å². The molecule has 1 saturated carbocycles. The van der Waals surface area contributed by atoms with Gasteiger partial charge in [0.05, 0.1) is 5.92 Å². The Morgan fingerprint density at radius 2 is 1.92 bits per heavy atom. The van der Waals surface area contributed by atoms with E-state index < -0.39 is 0 Å². The van der Waals surface area contributed by atoms with Gasteiger partial charge in [-0.1, -0.05) is 49.2 Å². The van der Waals surface area contributed by atoms with E-state index >= 15 is 0 Å². The fourth-order valence-electron chi connectivity index (χ4n) is 3.41. The smallest absolute Gasteiger partial charge is 0.310 e. The van der Waals surface area contributed by atoms with Crippen LogP contribution in [0.2, 0.25) is 0 Å². The highest BCUT2D eigenvalue weighted by atomic mass is 35.5. The molecule has 132 valence electrons. The predicted octanol–water partition coefficient (Wildman–Crippen LogP) is 5.42. The van der Waals surface area contributed by atoms with Gasteiger partial charge in [-0.25, -0.2) is 0 Å². The molecule has 0 spiro atoms. The zero-order valence-corrected chi connectivity index (χ0v) is 16.0. The Morgan fingerprint density at radius 3 is 2.56 bits per heavy atom. The lowest BCUT2D eigenvalue weighted by Gasteiger charge is -2.13. The third-order valence-corrected chi connectivity index (χ3v) is 5.39. The summed E-state index contributed by atoms with van der Waals surface area (Å²) in [5, 5.41) is 0. The van der Waals surface area contributed by atoms with Crippen LogP contribution in [0.3, 0.4) is 0 Å². The summed E-state index contributed by atoms with van der Waals surface area (Å²) < 4.78 is 7.84. The van der Waals surface area contributed by atoms with Crippen molar-refractivity contribution >= 4 is 29.2 Å². The normalized spacial score (nSPS) is 20.8. The molecule has 2 unspecified atom stereocenters. The number of aromatic nitrogens is 1. The number of carbonyl (C=O) groups is 1. The van der Waals surface area contributed by atoms with Gasteiger partial charge in [-0.15, -0.1) is 0 Å². The van der Waals surface area contributed by atoms with Gasteiger partial charge in [-0.2, -0.15) is 0 Å². The van der Waals surface area contributed by atoms with Gasteiger partial charge in [0.25, 0.3) is 0 Å². The molecule has 0 N–H and O–H groups in total. The van der Waals surface area contributed by atoms with Gasteiger partial charge in [-0.3, -0.25) is 4.79 Å². The number of nitrogens with zero attached hydrogens (tertiary/aromatic N) is 1. The second kappa shape index (κ2) is 6.89. The highest BCUT2D eigenvalue weighted by Gasteiger charge is 2.61. The van der Waals surface area contributed by atoms with Gasteiger partial charge in [0.1, 0.15) is 11.1 Å². The third kappa shape index (κ3) is 3.63. The molecule has 1 aliphatic rings. The minimum atomic E-state index is -0.202. The van der Waals surface area contributed by atoms with Crippen LogP contribution >= 0.6 is 23.2 Å². The summed E-state index contributed by atoms with van der Waals surface area (Å²) in [7, 11) is 0. The van der Waals surface area contributed by atoms with Gasteiger partial charge in [0.2, 0.25) is 0 Å². The van der Waals surface area contributed by atoms with Crippen molar-refractivity contribution in [3.63, 3.8) is 0 Å². The number of carbonyl (C=O) groups excluding carboxylic acids is 1. The van der Waals surface area contributed by atoms with Gasteiger partial charge in [0.15, 0.2) is 0 Å². The molecule has 25 heavy (non-hydrogen) atoms. The Bertz CT molecular complexity index is 805. The summed E-state index contributed by atoms with van der Waals surface area (Å²) in [6, 6.07) is 9.98. The molecule has 3 rings (SSSR count). The Kier molecular flexibility index (Phi) is 4.99. The van der Waals surface area contributed by atoms with Crippen LogP contribution in [0.15, 0.2) is 53.3 Å². The average molecular weight is 378 g/mol. The Morgan fingerprint density at radius 1 is 1.24 bits per heavy atom. The highest BCUT2D eigenvalue weighted by Crippen LogP contribution is 2.60. The Labute approximate surface area is 158 Å². The monoisotopic (exact) mass is 377 g/mol. The van der Waals surface area contributed by atoms with E-state index in [1.165, 1.54) is 0 Å². The molecule has 2 aromatic rings. The minimum absolute atomic E-state index is 0.0253.